The lowest BCUT2D eigenvalue weighted by atomic mass is 9.95. The number of fused-ring (bicyclic) bond motifs is 1. The third kappa shape index (κ3) is 4.21. The highest BCUT2D eigenvalue weighted by atomic mass is 16.5. The minimum Gasteiger partial charge on any atom is -0.449 e. The molecule has 1 aromatic heterocycles. The zero-order valence-corrected chi connectivity index (χ0v) is 15.7. The summed E-state index contributed by atoms with van der Waals surface area (Å²) in [5, 5.41) is 3.76. The molecular formula is C21H26N2O3. The first-order chi connectivity index (χ1) is 12.4. The SMILES string of the molecule is Cc1ccc2nc(C)cc(C(=O)OC(C)C(=O)NC3CCCCC3)c2c1. The normalized spacial score (nSPS) is 16.3. The Bertz CT molecular complexity index is 825. The van der Waals surface area contributed by atoms with Gasteiger partial charge in [-0.25, -0.2) is 4.79 Å². The van der Waals surface area contributed by atoms with Gasteiger partial charge < -0.3 is 10.1 Å². The van der Waals surface area contributed by atoms with Crippen LogP contribution in [0, 0.1) is 13.8 Å². The van der Waals surface area contributed by atoms with Gasteiger partial charge >= 0.3 is 5.97 Å². The molecule has 1 saturated carbocycles. The van der Waals surface area contributed by atoms with E-state index >= 15 is 0 Å². The van der Waals surface area contributed by atoms with Crippen LogP contribution in [0.25, 0.3) is 10.9 Å². The molecule has 3 rings (SSSR count). The first kappa shape index (κ1) is 18.4. The van der Waals surface area contributed by atoms with E-state index in [2.05, 4.69) is 10.3 Å². The molecule has 5 heteroatoms. The summed E-state index contributed by atoms with van der Waals surface area (Å²) in [6, 6.07) is 7.70. The number of ether oxygens (including phenoxy) is 1. The standard InChI is InChI=1S/C21H26N2O3/c1-13-9-10-19-17(11-13)18(12-14(2)22-19)21(25)26-15(3)20(24)23-16-7-5-4-6-8-16/h9-12,15-16H,4-8H2,1-3H3,(H,23,24). The van der Waals surface area contributed by atoms with Gasteiger partial charge in [0.25, 0.3) is 5.91 Å². The lowest BCUT2D eigenvalue weighted by molar-refractivity contribution is -0.130. The highest BCUT2D eigenvalue weighted by molar-refractivity contribution is 6.04. The highest BCUT2D eigenvalue weighted by Gasteiger charge is 2.24. The highest BCUT2D eigenvalue weighted by Crippen LogP contribution is 2.22. The third-order valence-corrected chi connectivity index (χ3v) is 4.92. The molecule has 26 heavy (non-hydrogen) atoms. The quantitative estimate of drug-likeness (QED) is 0.847. The summed E-state index contributed by atoms with van der Waals surface area (Å²) < 4.78 is 5.46. The summed E-state index contributed by atoms with van der Waals surface area (Å²) in [7, 11) is 0. The molecule has 0 bridgehead atoms. The van der Waals surface area contributed by atoms with Gasteiger partial charge in [0.2, 0.25) is 0 Å². The average molecular weight is 354 g/mol. The molecular weight excluding hydrogens is 328 g/mol. The van der Waals surface area contributed by atoms with E-state index in [4.69, 9.17) is 4.74 Å². The molecule has 1 fully saturated rings. The number of hydrogen-bond acceptors (Lipinski definition) is 4. The van der Waals surface area contributed by atoms with Crippen molar-refractivity contribution in [2.24, 2.45) is 0 Å². The molecule has 2 aromatic rings. The Morgan fingerprint density at radius 2 is 1.88 bits per heavy atom. The number of pyridine rings is 1. The fraction of sp³-hybridized carbons (Fsp3) is 0.476. The number of amides is 1. The summed E-state index contributed by atoms with van der Waals surface area (Å²) in [5.41, 5.74) is 2.99. The van der Waals surface area contributed by atoms with Crippen LogP contribution in [0.15, 0.2) is 24.3 Å². The van der Waals surface area contributed by atoms with Gasteiger partial charge in [0.1, 0.15) is 0 Å². The minimum atomic E-state index is -0.822. The Balaban J connectivity index is 1.73. The van der Waals surface area contributed by atoms with Gasteiger partial charge in [-0.05, 0) is 51.8 Å². The Labute approximate surface area is 154 Å². The van der Waals surface area contributed by atoms with Crippen molar-refractivity contribution in [2.75, 3.05) is 0 Å². The first-order valence-corrected chi connectivity index (χ1v) is 9.33. The maximum atomic E-state index is 12.7. The maximum Gasteiger partial charge on any atom is 0.339 e. The van der Waals surface area contributed by atoms with Crippen LogP contribution in [0.4, 0.5) is 0 Å². The van der Waals surface area contributed by atoms with Gasteiger partial charge in [0.05, 0.1) is 11.1 Å². The number of benzene rings is 1. The summed E-state index contributed by atoms with van der Waals surface area (Å²) >= 11 is 0. The number of rotatable bonds is 4. The van der Waals surface area contributed by atoms with Crippen molar-refractivity contribution in [1.82, 2.24) is 10.3 Å². The van der Waals surface area contributed by atoms with Crippen molar-refractivity contribution >= 4 is 22.8 Å². The second kappa shape index (κ2) is 7.85. The van der Waals surface area contributed by atoms with E-state index in [0.29, 0.717) is 5.56 Å². The Morgan fingerprint density at radius 3 is 2.62 bits per heavy atom. The monoisotopic (exact) mass is 354 g/mol. The molecule has 138 valence electrons. The molecule has 5 nitrogen and oxygen atoms in total. The van der Waals surface area contributed by atoms with Crippen molar-refractivity contribution < 1.29 is 14.3 Å². The molecule has 1 aromatic carbocycles. The molecule has 1 unspecified atom stereocenters. The van der Waals surface area contributed by atoms with E-state index in [1.54, 1.807) is 13.0 Å². The molecule has 0 radical (unpaired) electrons. The molecule has 0 saturated heterocycles. The van der Waals surface area contributed by atoms with Gasteiger partial charge in [0, 0.05) is 17.1 Å². The van der Waals surface area contributed by atoms with Crippen molar-refractivity contribution in [3.63, 3.8) is 0 Å². The molecule has 1 atom stereocenters. The van der Waals surface area contributed by atoms with E-state index in [0.717, 1.165) is 47.8 Å². The molecule has 0 spiro atoms. The van der Waals surface area contributed by atoms with Crippen LogP contribution in [0.1, 0.15) is 60.6 Å². The van der Waals surface area contributed by atoms with Gasteiger partial charge in [-0.15, -0.1) is 0 Å². The molecule has 1 heterocycles. The average Bonchev–Trinajstić information content (AvgIpc) is 2.62. The van der Waals surface area contributed by atoms with E-state index < -0.39 is 12.1 Å². The van der Waals surface area contributed by atoms with Gasteiger partial charge in [-0.3, -0.25) is 9.78 Å². The van der Waals surface area contributed by atoms with E-state index in [1.165, 1.54) is 6.42 Å². The number of esters is 1. The topological polar surface area (TPSA) is 68.3 Å². The van der Waals surface area contributed by atoms with Crippen LogP contribution < -0.4 is 5.32 Å². The van der Waals surface area contributed by atoms with E-state index in [1.807, 2.05) is 32.0 Å². The second-order valence-corrected chi connectivity index (χ2v) is 7.22. The summed E-state index contributed by atoms with van der Waals surface area (Å²) in [6.07, 6.45) is 4.68. The van der Waals surface area contributed by atoms with Crippen LogP contribution in [0.5, 0.6) is 0 Å². The summed E-state index contributed by atoms with van der Waals surface area (Å²) in [4.78, 5) is 29.5. The van der Waals surface area contributed by atoms with E-state index in [9.17, 15) is 9.59 Å². The number of hydrogen-bond donors (Lipinski definition) is 1. The summed E-state index contributed by atoms with van der Waals surface area (Å²) in [5.74, 6) is -0.714. The lowest BCUT2D eigenvalue weighted by Gasteiger charge is -2.24. The Morgan fingerprint density at radius 1 is 1.15 bits per heavy atom. The number of nitrogens with one attached hydrogen (secondary N) is 1. The van der Waals surface area contributed by atoms with Crippen molar-refractivity contribution in [3.8, 4) is 0 Å². The predicted octanol–water partition coefficient (Wildman–Crippen LogP) is 3.85. The van der Waals surface area contributed by atoms with Crippen molar-refractivity contribution in [1.29, 1.82) is 0 Å². The van der Waals surface area contributed by atoms with Gasteiger partial charge in [-0.2, -0.15) is 0 Å². The molecule has 1 aliphatic carbocycles. The van der Waals surface area contributed by atoms with Crippen LogP contribution in [-0.4, -0.2) is 29.0 Å². The second-order valence-electron chi connectivity index (χ2n) is 7.22. The van der Waals surface area contributed by atoms with Crippen LogP contribution in [0.3, 0.4) is 0 Å². The number of aromatic nitrogens is 1. The van der Waals surface area contributed by atoms with Crippen LogP contribution >= 0.6 is 0 Å². The number of carbonyl (C=O) groups excluding carboxylic acids is 2. The fourth-order valence-electron chi connectivity index (χ4n) is 3.48. The Kier molecular flexibility index (Phi) is 5.55. The van der Waals surface area contributed by atoms with Crippen molar-refractivity contribution in [2.45, 2.75) is 65.0 Å². The lowest BCUT2D eigenvalue weighted by Crippen LogP contribution is -2.42. The number of nitrogens with zero attached hydrogens (tertiary/aromatic N) is 1. The number of aryl methyl sites for hydroxylation is 2. The fourth-order valence-corrected chi connectivity index (χ4v) is 3.48. The smallest absolute Gasteiger partial charge is 0.339 e. The maximum absolute atomic E-state index is 12.7. The Hall–Kier alpha value is -2.43. The third-order valence-electron chi connectivity index (χ3n) is 4.92. The van der Waals surface area contributed by atoms with E-state index in [-0.39, 0.29) is 11.9 Å². The summed E-state index contributed by atoms with van der Waals surface area (Å²) in [6.45, 7) is 5.43. The zero-order valence-electron chi connectivity index (χ0n) is 15.7. The molecule has 0 aliphatic heterocycles. The van der Waals surface area contributed by atoms with Crippen molar-refractivity contribution in [3.05, 3.63) is 41.1 Å². The first-order valence-electron chi connectivity index (χ1n) is 9.33. The molecule has 1 aliphatic rings. The molecule has 1 N–H and O–H groups in total. The number of carbonyl (C=O) groups is 2. The largest absolute Gasteiger partial charge is 0.449 e. The van der Waals surface area contributed by atoms with Gasteiger partial charge in [0.15, 0.2) is 6.10 Å². The minimum absolute atomic E-state index is 0.198. The zero-order chi connectivity index (χ0) is 18.7. The van der Waals surface area contributed by atoms with Crippen LogP contribution in [0.2, 0.25) is 0 Å². The predicted molar refractivity (Wildman–Crippen MR) is 101 cm³/mol. The van der Waals surface area contributed by atoms with Gasteiger partial charge in [-0.1, -0.05) is 30.9 Å². The van der Waals surface area contributed by atoms with Crippen LogP contribution in [-0.2, 0) is 9.53 Å². The molecule has 1 amide bonds.